The van der Waals surface area contributed by atoms with E-state index in [-0.39, 0.29) is 74.0 Å². The standard InChI is InChI=1S/C55H32F12N2O2.2C2H6/c1-31-11-8-20-47(48(31)51(71)68(30-70)42-26-34(32-12-4-2-5-13-32)21-35(27-42)33-14-6-3-7-15-33)69-49-43(36-22-38(52(56,57)58)28-39(23-36)53(59,60)61)16-9-18-45(49)46-19-10-17-44(50(46)69)37-24-40(54(62,63)64)29-41(25-37)55(65,66)67;2*1-2/h2-30H,1H3;2*1-2H3. The summed E-state index contributed by atoms with van der Waals surface area (Å²) < 4.78 is 174. The lowest BCUT2D eigenvalue weighted by atomic mass is 9.96. The molecule has 0 radical (unpaired) electrons. The van der Waals surface area contributed by atoms with Gasteiger partial charge in [-0.05, 0) is 107 Å². The van der Waals surface area contributed by atoms with Crippen LogP contribution in [0.4, 0.5) is 58.4 Å². The van der Waals surface area contributed by atoms with Gasteiger partial charge in [-0.1, -0.05) is 137 Å². The smallest absolute Gasteiger partial charge is 0.307 e. The first-order valence-electron chi connectivity index (χ1n) is 23.3. The minimum absolute atomic E-state index is 0.0650. The fourth-order valence-electron chi connectivity index (χ4n) is 8.85. The van der Waals surface area contributed by atoms with Gasteiger partial charge in [0, 0.05) is 21.9 Å². The third-order valence-corrected chi connectivity index (χ3v) is 12.0. The molecule has 75 heavy (non-hydrogen) atoms. The molecule has 1 aromatic heterocycles. The Hall–Kier alpha value is -8.14. The quantitative estimate of drug-likeness (QED) is 0.112. The molecule has 0 aliphatic rings. The fraction of sp³-hybridized carbons (Fsp3) is 0.153. The van der Waals surface area contributed by atoms with Gasteiger partial charge in [0.2, 0.25) is 6.41 Å². The summed E-state index contributed by atoms with van der Waals surface area (Å²) in [5.41, 5.74) is -6.53. The molecule has 0 aliphatic carbocycles. The van der Waals surface area contributed by atoms with E-state index in [0.29, 0.717) is 46.5 Å². The van der Waals surface area contributed by atoms with Crippen molar-refractivity contribution in [2.24, 2.45) is 0 Å². The predicted octanol–water partition coefficient (Wildman–Crippen LogP) is 18.7. The van der Waals surface area contributed by atoms with Gasteiger partial charge in [-0.2, -0.15) is 52.7 Å². The highest BCUT2D eigenvalue weighted by atomic mass is 19.4. The summed E-state index contributed by atoms with van der Waals surface area (Å²) in [6, 6.07) is 36.9. The summed E-state index contributed by atoms with van der Waals surface area (Å²) in [6.07, 6.45) is -20.9. The number of hydrogen-bond donors (Lipinski definition) is 0. The second kappa shape index (κ2) is 21.4. The Morgan fingerprint density at radius 3 is 1.16 bits per heavy atom. The predicted molar refractivity (Wildman–Crippen MR) is 269 cm³/mol. The van der Waals surface area contributed by atoms with Crippen LogP contribution >= 0.6 is 0 Å². The third kappa shape index (κ3) is 11.1. The van der Waals surface area contributed by atoms with Gasteiger partial charge < -0.3 is 4.57 Å². The fourth-order valence-corrected chi connectivity index (χ4v) is 8.85. The van der Waals surface area contributed by atoms with Crippen LogP contribution in [0.25, 0.3) is 72.0 Å². The van der Waals surface area contributed by atoms with Crippen molar-refractivity contribution in [2.75, 3.05) is 4.90 Å². The summed E-state index contributed by atoms with van der Waals surface area (Å²) >= 11 is 0. The van der Waals surface area contributed by atoms with E-state index in [0.717, 1.165) is 4.90 Å². The number of halogens is 12. The Labute approximate surface area is 423 Å². The molecule has 0 aliphatic heterocycles. The number of imide groups is 1. The first kappa shape index (κ1) is 54.6. The molecule has 0 spiro atoms. The Balaban J connectivity index is 0.00000200. The highest BCUT2D eigenvalue weighted by Crippen LogP contribution is 2.47. The van der Waals surface area contributed by atoms with E-state index in [4.69, 9.17) is 0 Å². The lowest BCUT2D eigenvalue weighted by molar-refractivity contribution is -0.144. The molecule has 1 heterocycles. The van der Waals surface area contributed by atoms with E-state index in [2.05, 4.69) is 0 Å². The van der Waals surface area contributed by atoms with Crippen molar-refractivity contribution < 1.29 is 62.3 Å². The minimum Gasteiger partial charge on any atom is -0.307 e. The zero-order valence-electron chi connectivity index (χ0n) is 40.5. The maximum atomic E-state index is 15.4. The number of amides is 2. The lowest BCUT2D eigenvalue weighted by Crippen LogP contribution is -2.31. The summed E-state index contributed by atoms with van der Waals surface area (Å²) in [7, 11) is 0. The largest absolute Gasteiger partial charge is 0.416 e. The summed E-state index contributed by atoms with van der Waals surface area (Å²) in [5.74, 6) is -1.00. The monoisotopic (exact) mass is 1040 g/mol. The number of rotatable bonds is 8. The molecule has 0 bridgehead atoms. The molecule has 9 rings (SSSR count). The Morgan fingerprint density at radius 2 is 0.800 bits per heavy atom. The van der Waals surface area contributed by atoms with Crippen LogP contribution in [0.15, 0.2) is 170 Å². The number of carbonyl (C=O) groups excluding carboxylic acids is 2. The van der Waals surface area contributed by atoms with Gasteiger partial charge in [0.15, 0.2) is 0 Å². The number of para-hydroxylation sites is 2. The van der Waals surface area contributed by atoms with Crippen molar-refractivity contribution in [3.8, 4) is 50.2 Å². The molecule has 4 nitrogen and oxygen atoms in total. The van der Waals surface area contributed by atoms with E-state index >= 15 is 4.79 Å². The summed E-state index contributed by atoms with van der Waals surface area (Å²) in [4.78, 5) is 29.6. The maximum absolute atomic E-state index is 15.4. The van der Waals surface area contributed by atoms with Crippen molar-refractivity contribution >= 4 is 39.8 Å². The van der Waals surface area contributed by atoms with Crippen LogP contribution in [0.1, 0.15) is 65.9 Å². The molecule has 16 heteroatoms. The normalized spacial score (nSPS) is 11.9. The molecule has 0 unspecified atom stereocenters. The van der Waals surface area contributed by atoms with Gasteiger partial charge >= 0.3 is 24.7 Å². The van der Waals surface area contributed by atoms with Gasteiger partial charge in [-0.15, -0.1) is 0 Å². The molecule has 8 aromatic carbocycles. The molecule has 0 saturated heterocycles. The van der Waals surface area contributed by atoms with Crippen LogP contribution < -0.4 is 4.90 Å². The molecule has 0 saturated carbocycles. The van der Waals surface area contributed by atoms with E-state index in [1.54, 1.807) is 48.5 Å². The van der Waals surface area contributed by atoms with Crippen molar-refractivity contribution in [3.63, 3.8) is 0 Å². The van der Waals surface area contributed by atoms with Crippen LogP contribution in [-0.4, -0.2) is 16.9 Å². The molecule has 2 amide bonds. The minimum atomic E-state index is -5.30. The van der Waals surface area contributed by atoms with Gasteiger partial charge in [-0.25, -0.2) is 4.90 Å². The number of benzene rings is 8. The van der Waals surface area contributed by atoms with Crippen LogP contribution in [0, 0.1) is 6.92 Å². The van der Waals surface area contributed by atoms with E-state index in [1.807, 2.05) is 58.0 Å². The number of fused-ring (bicyclic) bond motifs is 3. The average molecular weight is 1040 g/mol. The van der Waals surface area contributed by atoms with E-state index in [9.17, 15) is 57.5 Å². The van der Waals surface area contributed by atoms with Crippen LogP contribution in [0.5, 0.6) is 0 Å². The van der Waals surface area contributed by atoms with Crippen molar-refractivity contribution in [2.45, 2.75) is 59.3 Å². The van der Waals surface area contributed by atoms with E-state index in [1.165, 1.54) is 66.1 Å². The van der Waals surface area contributed by atoms with Crippen molar-refractivity contribution in [1.29, 1.82) is 0 Å². The molecule has 9 aromatic rings. The molecule has 0 N–H and O–H groups in total. The average Bonchev–Trinajstić information content (AvgIpc) is 3.74. The van der Waals surface area contributed by atoms with Gasteiger partial charge in [0.1, 0.15) is 0 Å². The molecular weight excluding hydrogens is 997 g/mol. The summed E-state index contributed by atoms with van der Waals surface area (Å²) in [6.45, 7) is 9.48. The number of aromatic nitrogens is 1. The number of nitrogens with zero attached hydrogens (tertiary/aromatic N) is 2. The second-order valence-electron chi connectivity index (χ2n) is 16.6. The first-order chi connectivity index (χ1) is 35.5. The first-order valence-corrected chi connectivity index (χ1v) is 23.3. The molecule has 386 valence electrons. The SMILES string of the molecule is CC.CC.Cc1cccc(-n2c3c(-c4cc(C(F)(F)F)cc(C(F)(F)F)c4)cccc3c3cccc(-c4cc(C(F)(F)F)cc(C(F)(F)F)c4)c32)c1C(=O)N(C=O)c1cc(-c2ccccc2)cc(-c2ccccc2)c1. The van der Waals surface area contributed by atoms with Crippen LogP contribution in [0.3, 0.4) is 0 Å². The zero-order chi connectivity index (χ0) is 54.8. The number of aryl methyl sites for hydroxylation is 1. The lowest BCUT2D eigenvalue weighted by Gasteiger charge is -2.23. The molecule has 0 fully saturated rings. The van der Waals surface area contributed by atoms with Crippen molar-refractivity contribution in [3.05, 3.63) is 203 Å². The Morgan fingerprint density at radius 1 is 0.427 bits per heavy atom. The molecular formula is C59H44F12N2O2. The number of anilines is 1. The van der Waals surface area contributed by atoms with Gasteiger partial charge in [-0.3, -0.25) is 9.59 Å². The Bertz CT molecular complexity index is 3280. The summed E-state index contributed by atoms with van der Waals surface area (Å²) in [5, 5.41) is 0.145. The van der Waals surface area contributed by atoms with Crippen LogP contribution in [0.2, 0.25) is 0 Å². The van der Waals surface area contributed by atoms with Crippen molar-refractivity contribution in [1.82, 2.24) is 4.57 Å². The maximum Gasteiger partial charge on any atom is 0.416 e. The topological polar surface area (TPSA) is 42.3 Å². The highest BCUT2D eigenvalue weighted by molar-refractivity contribution is 6.21. The van der Waals surface area contributed by atoms with Gasteiger partial charge in [0.25, 0.3) is 5.91 Å². The third-order valence-electron chi connectivity index (χ3n) is 12.0. The molecule has 0 atom stereocenters. The highest BCUT2D eigenvalue weighted by Gasteiger charge is 2.39. The number of carbonyl (C=O) groups is 2. The number of hydrogen-bond acceptors (Lipinski definition) is 2. The van der Waals surface area contributed by atoms with Gasteiger partial charge in [0.05, 0.1) is 50.2 Å². The second-order valence-corrected chi connectivity index (χ2v) is 16.6. The van der Waals surface area contributed by atoms with Crippen LogP contribution in [-0.2, 0) is 29.5 Å². The van der Waals surface area contributed by atoms with E-state index < -0.39 is 64.0 Å². The number of alkyl halides is 12. The Kier molecular flexibility index (Phi) is 15.6. The zero-order valence-corrected chi connectivity index (χ0v) is 40.5.